The van der Waals surface area contributed by atoms with Crippen LogP contribution < -0.4 is 0 Å². The summed E-state index contributed by atoms with van der Waals surface area (Å²) in [7, 11) is 0. The zero-order valence-corrected chi connectivity index (χ0v) is 15.3. The highest BCUT2D eigenvalue weighted by atomic mass is 79.9. The molecule has 2 rings (SSSR count). The van der Waals surface area contributed by atoms with E-state index in [9.17, 15) is 9.90 Å². The average Bonchev–Trinajstić information content (AvgIpc) is 2.86. The minimum atomic E-state index is -1.13. The van der Waals surface area contributed by atoms with Gasteiger partial charge in [0.1, 0.15) is 5.41 Å². The lowest BCUT2D eigenvalue weighted by atomic mass is 9.68. The Balaban J connectivity index is 2.40. The van der Waals surface area contributed by atoms with Crippen molar-refractivity contribution >= 4 is 21.9 Å². The average molecular weight is 379 g/mol. The molecule has 0 aliphatic heterocycles. The second-order valence-corrected chi connectivity index (χ2v) is 7.01. The fraction of sp³-hybridized carbons (Fsp3) is 0.526. The highest BCUT2D eigenvalue weighted by molar-refractivity contribution is 9.10. The SMILES string of the molecule is CC#CC[C@@]1(O)CCC[C@@]1(Cc1ccc(Br)cc1)C(=O)OCC. The Morgan fingerprint density at radius 2 is 2.04 bits per heavy atom. The van der Waals surface area contributed by atoms with E-state index in [-0.39, 0.29) is 5.97 Å². The molecule has 0 unspecified atom stereocenters. The minimum Gasteiger partial charge on any atom is -0.465 e. The molecule has 3 nitrogen and oxygen atoms in total. The summed E-state index contributed by atoms with van der Waals surface area (Å²) in [5.41, 5.74) is -1.03. The van der Waals surface area contributed by atoms with Gasteiger partial charge in [-0.1, -0.05) is 28.1 Å². The summed E-state index contributed by atoms with van der Waals surface area (Å²) in [6.45, 7) is 3.86. The van der Waals surface area contributed by atoms with Crippen LogP contribution in [0.5, 0.6) is 0 Å². The highest BCUT2D eigenvalue weighted by Gasteiger charge is 2.59. The Hall–Kier alpha value is -1.31. The van der Waals surface area contributed by atoms with Gasteiger partial charge in [-0.05, 0) is 57.2 Å². The van der Waals surface area contributed by atoms with Crippen LogP contribution in [0.4, 0.5) is 0 Å². The fourth-order valence-corrected chi connectivity index (χ4v) is 3.75. The van der Waals surface area contributed by atoms with Gasteiger partial charge in [0, 0.05) is 10.9 Å². The van der Waals surface area contributed by atoms with Crippen molar-refractivity contribution in [1.82, 2.24) is 0 Å². The Morgan fingerprint density at radius 1 is 1.35 bits per heavy atom. The van der Waals surface area contributed by atoms with Crippen LogP contribution >= 0.6 is 15.9 Å². The molecule has 0 aromatic heterocycles. The van der Waals surface area contributed by atoms with E-state index in [0.717, 1.165) is 16.5 Å². The van der Waals surface area contributed by atoms with Crippen LogP contribution in [-0.2, 0) is 16.0 Å². The number of carbonyl (C=O) groups is 1. The van der Waals surface area contributed by atoms with E-state index in [4.69, 9.17) is 4.74 Å². The molecule has 0 heterocycles. The number of aliphatic hydroxyl groups is 1. The largest absolute Gasteiger partial charge is 0.465 e. The van der Waals surface area contributed by atoms with E-state index in [1.54, 1.807) is 13.8 Å². The summed E-state index contributed by atoms with van der Waals surface area (Å²) < 4.78 is 6.33. The molecular weight excluding hydrogens is 356 g/mol. The first-order valence-corrected chi connectivity index (χ1v) is 8.80. The monoisotopic (exact) mass is 378 g/mol. The smallest absolute Gasteiger partial charge is 0.315 e. The van der Waals surface area contributed by atoms with Gasteiger partial charge in [0.15, 0.2) is 0 Å². The van der Waals surface area contributed by atoms with Crippen LogP contribution in [0.3, 0.4) is 0 Å². The molecule has 1 saturated carbocycles. The summed E-state index contributed by atoms with van der Waals surface area (Å²) in [4.78, 5) is 12.8. The lowest BCUT2D eigenvalue weighted by molar-refractivity contribution is -0.170. The fourth-order valence-electron chi connectivity index (χ4n) is 3.48. The Bertz CT molecular complexity index is 614. The molecule has 0 bridgehead atoms. The summed E-state index contributed by atoms with van der Waals surface area (Å²) in [6.07, 6.45) is 2.79. The van der Waals surface area contributed by atoms with Gasteiger partial charge in [0.25, 0.3) is 0 Å². The first kappa shape index (κ1) is 18.0. The van der Waals surface area contributed by atoms with Crippen molar-refractivity contribution in [3.05, 3.63) is 34.3 Å². The van der Waals surface area contributed by atoms with Crippen molar-refractivity contribution in [2.45, 2.75) is 51.6 Å². The van der Waals surface area contributed by atoms with E-state index in [0.29, 0.717) is 32.3 Å². The molecule has 0 amide bonds. The van der Waals surface area contributed by atoms with E-state index in [1.165, 1.54) is 0 Å². The van der Waals surface area contributed by atoms with Crippen molar-refractivity contribution in [1.29, 1.82) is 0 Å². The lowest BCUT2D eigenvalue weighted by Crippen LogP contribution is -2.51. The third-order valence-corrected chi connectivity index (χ3v) is 5.26. The molecule has 1 fully saturated rings. The van der Waals surface area contributed by atoms with E-state index in [1.807, 2.05) is 24.3 Å². The third kappa shape index (κ3) is 3.62. The van der Waals surface area contributed by atoms with Gasteiger partial charge < -0.3 is 9.84 Å². The number of carbonyl (C=O) groups excluding carboxylic acids is 1. The first-order chi connectivity index (χ1) is 11.0. The van der Waals surface area contributed by atoms with Crippen LogP contribution in [-0.4, -0.2) is 23.3 Å². The predicted molar refractivity (Wildman–Crippen MR) is 93.8 cm³/mol. The molecule has 1 N–H and O–H groups in total. The molecule has 0 radical (unpaired) electrons. The second-order valence-electron chi connectivity index (χ2n) is 6.09. The van der Waals surface area contributed by atoms with Gasteiger partial charge in [0.05, 0.1) is 12.2 Å². The molecule has 23 heavy (non-hydrogen) atoms. The number of rotatable bonds is 5. The molecule has 0 saturated heterocycles. The van der Waals surface area contributed by atoms with E-state index >= 15 is 0 Å². The van der Waals surface area contributed by atoms with Crippen LogP contribution in [0, 0.1) is 17.3 Å². The van der Waals surface area contributed by atoms with E-state index in [2.05, 4.69) is 27.8 Å². The Labute approximate surface area is 146 Å². The van der Waals surface area contributed by atoms with Gasteiger partial charge in [-0.25, -0.2) is 0 Å². The summed E-state index contributed by atoms with van der Waals surface area (Å²) in [5, 5.41) is 11.2. The normalized spacial score (nSPS) is 26.4. The third-order valence-electron chi connectivity index (χ3n) is 4.73. The number of hydrogen-bond acceptors (Lipinski definition) is 3. The first-order valence-electron chi connectivity index (χ1n) is 8.01. The Kier molecular flexibility index (Phi) is 5.89. The zero-order chi connectivity index (χ0) is 16.9. The van der Waals surface area contributed by atoms with Crippen molar-refractivity contribution in [2.75, 3.05) is 6.61 Å². The predicted octanol–water partition coefficient (Wildman–Crippen LogP) is 3.87. The molecule has 0 spiro atoms. The number of ether oxygens (including phenoxy) is 1. The van der Waals surface area contributed by atoms with Crippen LogP contribution in [0.15, 0.2) is 28.7 Å². The summed E-state index contributed by atoms with van der Waals surface area (Å²) in [5.74, 6) is 5.49. The number of halogens is 1. The number of esters is 1. The van der Waals surface area contributed by atoms with Crippen LogP contribution in [0.1, 0.15) is 45.1 Å². The molecule has 1 aliphatic carbocycles. The number of benzene rings is 1. The van der Waals surface area contributed by atoms with Gasteiger partial charge in [-0.15, -0.1) is 11.8 Å². The van der Waals surface area contributed by atoms with Crippen LogP contribution in [0.2, 0.25) is 0 Å². The van der Waals surface area contributed by atoms with Crippen LogP contribution in [0.25, 0.3) is 0 Å². The van der Waals surface area contributed by atoms with Crippen molar-refractivity contribution < 1.29 is 14.6 Å². The second kappa shape index (κ2) is 7.51. The van der Waals surface area contributed by atoms with Gasteiger partial charge >= 0.3 is 5.97 Å². The molecule has 1 aromatic rings. The van der Waals surface area contributed by atoms with Gasteiger partial charge in [-0.2, -0.15) is 0 Å². The quantitative estimate of drug-likeness (QED) is 0.624. The lowest BCUT2D eigenvalue weighted by Gasteiger charge is -2.39. The molecule has 2 atom stereocenters. The zero-order valence-electron chi connectivity index (χ0n) is 13.7. The molecule has 1 aliphatic rings. The summed E-state index contributed by atoms with van der Waals surface area (Å²) in [6, 6.07) is 7.87. The highest BCUT2D eigenvalue weighted by Crippen LogP contribution is 2.51. The minimum absolute atomic E-state index is 0.304. The number of hydrogen-bond donors (Lipinski definition) is 1. The molecule has 124 valence electrons. The van der Waals surface area contributed by atoms with Crippen molar-refractivity contribution in [3.8, 4) is 11.8 Å². The molecular formula is C19H23BrO3. The van der Waals surface area contributed by atoms with Gasteiger partial charge in [-0.3, -0.25) is 4.79 Å². The van der Waals surface area contributed by atoms with Crippen molar-refractivity contribution in [3.63, 3.8) is 0 Å². The molecule has 4 heteroatoms. The maximum absolute atomic E-state index is 12.8. The topological polar surface area (TPSA) is 46.5 Å². The standard InChI is InChI=1S/C19H23BrO3/c1-3-5-12-19(22)13-6-11-18(19,17(21)23-4-2)14-15-7-9-16(20)10-8-15/h7-10,22H,4,6,11-14H2,1-2H3/t18-,19-/m1/s1. The maximum Gasteiger partial charge on any atom is 0.315 e. The van der Waals surface area contributed by atoms with Gasteiger partial charge in [0.2, 0.25) is 0 Å². The van der Waals surface area contributed by atoms with Crippen molar-refractivity contribution in [2.24, 2.45) is 5.41 Å². The van der Waals surface area contributed by atoms with E-state index < -0.39 is 11.0 Å². The molecule has 1 aromatic carbocycles. The Morgan fingerprint density at radius 3 is 2.65 bits per heavy atom. The maximum atomic E-state index is 12.8. The summed E-state index contributed by atoms with van der Waals surface area (Å²) >= 11 is 3.42.